The molecule has 0 radical (unpaired) electrons. The number of carbonyl (C=O) groups excluding carboxylic acids is 2. The van der Waals surface area contributed by atoms with Crippen LogP contribution in [0, 0.1) is 17.8 Å². The number of fused-ring (bicyclic) bond motifs is 1. The summed E-state index contributed by atoms with van der Waals surface area (Å²) in [5.41, 5.74) is -1.74. The van der Waals surface area contributed by atoms with Gasteiger partial charge in [-0.2, -0.15) is 0 Å². The van der Waals surface area contributed by atoms with Gasteiger partial charge in [-0.05, 0) is 0 Å². The maximum absolute atomic E-state index is 11.6. The summed E-state index contributed by atoms with van der Waals surface area (Å²) in [6.45, 7) is 1.14. The summed E-state index contributed by atoms with van der Waals surface area (Å²) in [5, 5.41) is 20.3. The van der Waals surface area contributed by atoms with Crippen LogP contribution in [-0.4, -0.2) is 39.4 Å². The fraction of sp³-hybridized carbons (Fsp3) is 0.600. The van der Waals surface area contributed by atoms with Gasteiger partial charge in [0.25, 0.3) is 0 Å². The maximum atomic E-state index is 11.6. The zero-order chi connectivity index (χ0) is 13.0. The zero-order valence-electron chi connectivity index (χ0n) is 8.97. The van der Waals surface area contributed by atoms with E-state index in [1.165, 1.54) is 0 Å². The Bertz CT molecular complexity index is 440. The molecule has 0 bridgehead atoms. The van der Waals surface area contributed by atoms with E-state index in [0.717, 1.165) is 6.92 Å². The summed E-state index contributed by atoms with van der Waals surface area (Å²) in [7, 11) is 0. The molecule has 0 spiro atoms. The van der Waals surface area contributed by atoms with Crippen LogP contribution in [0.1, 0.15) is 13.3 Å². The largest absolute Gasteiger partial charge is 0.481 e. The van der Waals surface area contributed by atoms with Crippen molar-refractivity contribution in [1.82, 2.24) is 5.32 Å². The Balaban J connectivity index is 2.36. The van der Waals surface area contributed by atoms with E-state index in [0.29, 0.717) is 0 Å². The molecule has 17 heavy (non-hydrogen) atoms. The highest BCUT2D eigenvalue weighted by Gasteiger charge is 2.75. The van der Waals surface area contributed by atoms with Crippen LogP contribution in [0.4, 0.5) is 0 Å². The average Bonchev–Trinajstić information content (AvgIpc) is 2.84. The van der Waals surface area contributed by atoms with E-state index >= 15 is 0 Å². The lowest BCUT2D eigenvalue weighted by Gasteiger charge is -2.26. The first-order valence-electron chi connectivity index (χ1n) is 5.09. The smallest absolute Gasteiger partial charge is 0.330 e. The molecule has 92 valence electrons. The third-order valence-electron chi connectivity index (χ3n) is 3.48. The van der Waals surface area contributed by atoms with E-state index in [1.807, 2.05) is 0 Å². The molecule has 0 heterocycles. The van der Waals surface area contributed by atoms with Crippen molar-refractivity contribution in [2.24, 2.45) is 17.8 Å². The normalized spacial score (nSPS) is 38.4. The Morgan fingerprint density at radius 3 is 2.29 bits per heavy atom. The minimum absolute atomic E-state index is 0.332. The number of amides is 1. The number of carboxylic acids is 2. The van der Waals surface area contributed by atoms with Gasteiger partial charge in [-0.1, -0.05) is 0 Å². The van der Waals surface area contributed by atoms with E-state index in [4.69, 9.17) is 10.2 Å². The van der Waals surface area contributed by atoms with Crippen LogP contribution < -0.4 is 5.32 Å². The molecule has 0 unspecified atom stereocenters. The molecule has 3 N–H and O–H groups in total. The number of nitrogens with one attached hydrogen (secondary N) is 1. The van der Waals surface area contributed by atoms with Gasteiger partial charge >= 0.3 is 11.9 Å². The molecule has 0 aromatic carbocycles. The second kappa shape index (κ2) is 3.28. The highest BCUT2D eigenvalue weighted by molar-refractivity contribution is 6.04. The van der Waals surface area contributed by atoms with Gasteiger partial charge in [-0.3, -0.25) is 14.4 Å². The van der Waals surface area contributed by atoms with Gasteiger partial charge in [0.15, 0.2) is 0 Å². The molecule has 0 aliphatic heterocycles. The Kier molecular flexibility index (Phi) is 2.23. The molecule has 1 amide bonds. The number of Topliss-reactive ketones (excluding diaryl/α,β-unsaturated/α-hetero) is 1. The third-order valence-corrected chi connectivity index (χ3v) is 3.48. The topological polar surface area (TPSA) is 121 Å². The number of hydrogen-bond donors (Lipinski definition) is 3. The first kappa shape index (κ1) is 11.6. The lowest BCUT2D eigenvalue weighted by molar-refractivity contribution is -0.150. The van der Waals surface area contributed by atoms with Crippen LogP contribution in [0.5, 0.6) is 0 Å². The second-order valence-electron chi connectivity index (χ2n) is 4.52. The highest BCUT2D eigenvalue weighted by atomic mass is 16.4. The second-order valence-corrected chi connectivity index (χ2v) is 4.52. The van der Waals surface area contributed by atoms with Crippen molar-refractivity contribution in [3.63, 3.8) is 0 Å². The summed E-state index contributed by atoms with van der Waals surface area (Å²) in [4.78, 5) is 44.7. The van der Waals surface area contributed by atoms with Gasteiger partial charge in [0.05, 0.1) is 5.92 Å². The standard InChI is InChI=1S/C10H11NO6/c1-3(12)11-10(9(16)17)2-4(13)5-6(7(5)10)8(14)15/h5-7H,2H2,1H3,(H,11,12)(H,14,15)(H,16,17)/t5-,6-,7-,10-/m0/s1. The van der Waals surface area contributed by atoms with Crippen LogP contribution >= 0.6 is 0 Å². The molecule has 7 heteroatoms. The van der Waals surface area contributed by atoms with Gasteiger partial charge in [0.2, 0.25) is 5.91 Å². The fourth-order valence-electron chi connectivity index (χ4n) is 2.86. The first-order chi connectivity index (χ1) is 7.81. The minimum atomic E-state index is -1.74. The predicted molar refractivity (Wildman–Crippen MR) is 51.9 cm³/mol. The molecule has 7 nitrogen and oxygen atoms in total. The Morgan fingerprint density at radius 1 is 1.35 bits per heavy atom. The average molecular weight is 241 g/mol. The Labute approximate surface area is 95.8 Å². The van der Waals surface area contributed by atoms with Crippen molar-refractivity contribution in [3.05, 3.63) is 0 Å². The van der Waals surface area contributed by atoms with Crippen molar-refractivity contribution < 1.29 is 29.4 Å². The number of ketones is 1. The summed E-state index contributed by atoms with van der Waals surface area (Å²) < 4.78 is 0. The van der Waals surface area contributed by atoms with Gasteiger partial charge in [0, 0.05) is 25.2 Å². The monoisotopic (exact) mass is 241 g/mol. The predicted octanol–water partition coefficient (Wildman–Crippen LogP) is -1.13. The number of carbonyl (C=O) groups is 4. The molecule has 0 aromatic heterocycles. The SMILES string of the molecule is CC(=O)N[C@@]1(C(=O)O)CC(=O)[C@H]2[C@H](C(=O)O)[C@H]21. The van der Waals surface area contributed by atoms with Gasteiger partial charge in [0.1, 0.15) is 11.3 Å². The molecular formula is C10H11NO6. The molecular weight excluding hydrogens is 230 g/mol. The summed E-state index contributed by atoms with van der Waals surface area (Å²) in [5.74, 6) is -6.11. The van der Waals surface area contributed by atoms with E-state index in [9.17, 15) is 19.2 Å². The fourth-order valence-corrected chi connectivity index (χ4v) is 2.86. The van der Waals surface area contributed by atoms with Crippen LogP contribution in [0.25, 0.3) is 0 Å². The van der Waals surface area contributed by atoms with E-state index < -0.39 is 46.9 Å². The maximum Gasteiger partial charge on any atom is 0.330 e. The Hall–Kier alpha value is -1.92. The van der Waals surface area contributed by atoms with Crippen LogP contribution in [0.15, 0.2) is 0 Å². The van der Waals surface area contributed by atoms with Crippen molar-refractivity contribution in [1.29, 1.82) is 0 Å². The number of aliphatic carboxylic acids is 2. The first-order valence-corrected chi connectivity index (χ1v) is 5.09. The van der Waals surface area contributed by atoms with Crippen molar-refractivity contribution >= 4 is 23.6 Å². The molecule has 0 saturated heterocycles. The summed E-state index contributed by atoms with van der Waals surface area (Å²) in [6, 6.07) is 0. The van der Waals surface area contributed by atoms with E-state index in [-0.39, 0.29) is 6.42 Å². The van der Waals surface area contributed by atoms with Crippen LogP contribution in [0.3, 0.4) is 0 Å². The third kappa shape index (κ3) is 1.42. The van der Waals surface area contributed by atoms with Gasteiger partial charge in [-0.25, -0.2) is 4.79 Å². The van der Waals surface area contributed by atoms with Crippen molar-refractivity contribution in [3.8, 4) is 0 Å². The van der Waals surface area contributed by atoms with Crippen LogP contribution in [-0.2, 0) is 19.2 Å². The zero-order valence-corrected chi connectivity index (χ0v) is 8.97. The van der Waals surface area contributed by atoms with Crippen molar-refractivity contribution in [2.75, 3.05) is 0 Å². The van der Waals surface area contributed by atoms with E-state index in [1.54, 1.807) is 0 Å². The molecule has 2 saturated carbocycles. The van der Waals surface area contributed by atoms with Crippen LogP contribution in [0.2, 0.25) is 0 Å². The van der Waals surface area contributed by atoms with Crippen molar-refractivity contribution in [2.45, 2.75) is 18.9 Å². The molecule has 2 aliphatic carbocycles. The minimum Gasteiger partial charge on any atom is -0.481 e. The molecule has 4 atom stereocenters. The van der Waals surface area contributed by atoms with E-state index in [2.05, 4.69) is 5.32 Å². The molecule has 2 rings (SSSR count). The summed E-state index contributed by atoms with van der Waals surface area (Å²) in [6.07, 6.45) is -0.332. The number of hydrogen-bond acceptors (Lipinski definition) is 4. The highest BCUT2D eigenvalue weighted by Crippen LogP contribution is 2.60. The molecule has 2 aliphatic rings. The van der Waals surface area contributed by atoms with Gasteiger partial charge < -0.3 is 15.5 Å². The molecule has 2 fully saturated rings. The summed E-state index contributed by atoms with van der Waals surface area (Å²) >= 11 is 0. The Morgan fingerprint density at radius 2 is 1.94 bits per heavy atom. The molecule has 0 aromatic rings. The lowest BCUT2D eigenvalue weighted by atomic mass is 9.90. The van der Waals surface area contributed by atoms with Gasteiger partial charge in [-0.15, -0.1) is 0 Å². The number of rotatable bonds is 3. The lowest BCUT2D eigenvalue weighted by Crippen LogP contribution is -2.55. The quantitative estimate of drug-likeness (QED) is 0.574. The number of carboxylic acid groups (broad SMARTS) is 2.